The van der Waals surface area contributed by atoms with Crippen LogP contribution >= 0.6 is 23.2 Å². The van der Waals surface area contributed by atoms with Gasteiger partial charge in [-0.2, -0.15) is 4.98 Å². The highest BCUT2D eigenvalue weighted by atomic mass is 35.5. The number of nitrogens with zero attached hydrogens (tertiary/aromatic N) is 2. The number of aromatic nitrogens is 2. The van der Waals surface area contributed by atoms with E-state index in [2.05, 4.69) is 10.1 Å². The van der Waals surface area contributed by atoms with Crippen molar-refractivity contribution in [1.82, 2.24) is 10.1 Å². The summed E-state index contributed by atoms with van der Waals surface area (Å²) in [5.41, 5.74) is 1.28. The summed E-state index contributed by atoms with van der Waals surface area (Å²) in [4.78, 5) is 4.23. The molecule has 23 heavy (non-hydrogen) atoms. The van der Waals surface area contributed by atoms with Gasteiger partial charge in [0.15, 0.2) is 6.61 Å². The topological polar surface area (TPSA) is 48.2 Å². The summed E-state index contributed by atoms with van der Waals surface area (Å²) >= 11 is 12.0. The molecule has 118 valence electrons. The average Bonchev–Trinajstić information content (AvgIpc) is 2.95. The Hall–Kier alpha value is -2.11. The summed E-state index contributed by atoms with van der Waals surface area (Å²) in [5, 5.41) is 4.78. The van der Waals surface area contributed by atoms with Crippen LogP contribution in [-0.2, 0) is 6.61 Å². The van der Waals surface area contributed by atoms with Crippen molar-refractivity contribution in [3.63, 3.8) is 0 Å². The number of aryl methyl sites for hydroxylation is 1. The van der Waals surface area contributed by atoms with Crippen LogP contribution in [0.15, 0.2) is 40.9 Å². The number of hydrogen-bond acceptors (Lipinski definition) is 4. The van der Waals surface area contributed by atoms with Gasteiger partial charge >= 0.3 is 0 Å². The minimum atomic E-state index is -0.311. The largest absolute Gasteiger partial charge is 0.485 e. The molecule has 1 heterocycles. The summed E-state index contributed by atoms with van der Waals surface area (Å²) in [6.07, 6.45) is 0. The second-order valence-electron chi connectivity index (χ2n) is 4.84. The molecule has 0 aliphatic heterocycles. The first-order valence-corrected chi connectivity index (χ1v) is 7.45. The van der Waals surface area contributed by atoms with E-state index in [1.54, 1.807) is 31.2 Å². The van der Waals surface area contributed by atoms with E-state index in [0.717, 1.165) is 0 Å². The quantitative estimate of drug-likeness (QED) is 0.657. The number of rotatable bonds is 4. The molecule has 0 saturated heterocycles. The van der Waals surface area contributed by atoms with Gasteiger partial charge in [-0.3, -0.25) is 0 Å². The van der Waals surface area contributed by atoms with Gasteiger partial charge in [-0.25, -0.2) is 4.39 Å². The Labute approximate surface area is 141 Å². The zero-order valence-corrected chi connectivity index (χ0v) is 13.5. The molecular weight excluding hydrogens is 342 g/mol. The maximum atomic E-state index is 13.1. The van der Waals surface area contributed by atoms with E-state index in [-0.39, 0.29) is 18.3 Å². The van der Waals surface area contributed by atoms with Gasteiger partial charge in [0, 0.05) is 5.02 Å². The Morgan fingerprint density at radius 1 is 1.17 bits per heavy atom. The smallest absolute Gasteiger partial charge is 0.259 e. The minimum Gasteiger partial charge on any atom is -0.485 e. The Balaban J connectivity index is 1.74. The Morgan fingerprint density at radius 2 is 2.00 bits per heavy atom. The predicted molar refractivity (Wildman–Crippen MR) is 85.2 cm³/mol. The zero-order valence-electron chi connectivity index (χ0n) is 12.0. The molecule has 4 nitrogen and oxygen atoms in total. The number of hydrogen-bond donors (Lipinski definition) is 0. The molecule has 3 aromatic rings. The third-order valence-electron chi connectivity index (χ3n) is 3.12. The van der Waals surface area contributed by atoms with Crippen molar-refractivity contribution >= 4 is 23.2 Å². The van der Waals surface area contributed by atoms with Crippen LogP contribution in [0.3, 0.4) is 0 Å². The third-order valence-corrected chi connectivity index (χ3v) is 3.67. The van der Waals surface area contributed by atoms with E-state index in [1.165, 1.54) is 12.1 Å². The monoisotopic (exact) mass is 352 g/mol. The molecule has 0 aliphatic rings. The van der Waals surface area contributed by atoms with Crippen LogP contribution in [0.1, 0.15) is 11.4 Å². The maximum Gasteiger partial charge on any atom is 0.259 e. The average molecular weight is 353 g/mol. The van der Waals surface area contributed by atoms with Gasteiger partial charge in [0.25, 0.3) is 5.89 Å². The number of ether oxygens (including phenoxy) is 1. The highest BCUT2D eigenvalue weighted by molar-refractivity contribution is 6.36. The van der Waals surface area contributed by atoms with E-state index >= 15 is 0 Å². The number of halogens is 3. The van der Waals surface area contributed by atoms with Crippen LogP contribution in [0.2, 0.25) is 10.0 Å². The molecule has 0 amide bonds. The first-order valence-electron chi connectivity index (χ1n) is 6.70. The van der Waals surface area contributed by atoms with Crippen molar-refractivity contribution in [2.75, 3.05) is 0 Å². The molecule has 0 fully saturated rings. The summed E-state index contributed by atoms with van der Waals surface area (Å²) in [5.74, 6) is 0.882. The highest BCUT2D eigenvalue weighted by Gasteiger charge is 2.13. The lowest BCUT2D eigenvalue weighted by atomic mass is 10.2. The van der Waals surface area contributed by atoms with Gasteiger partial charge in [-0.15, -0.1) is 0 Å². The molecule has 0 saturated carbocycles. The van der Waals surface area contributed by atoms with Crippen LogP contribution in [0.5, 0.6) is 5.75 Å². The molecule has 1 aromatic heterocycles. The highest BCUT2D eigenvalue weighted by Crippen LogP contribution is 2.29. The van der Waals surface area contributed by atoms with Crippen molar-refractivity contribution in [3.05, 3.63) is 63.6 Å². The Bertz CT molecular complexity index is 852. The van der Waals surface area contributed by atoms with E-state index in [4.69, 9.17) is 32.5 Å². The molecule has 0 N–H and O–H groups in total. The van der Waals surface area contributed by atoms with Gasteiger partial charge in [0.2, 0.25) is 5.82 Å². The fraction of sp³-hybridized carbons (Fsp3) is 0.125. The van der Waals surface area contributed by atoms with Crippen molar-refractivity contribution in [2.24, 2.45) is 0 Å². The number of benzene rings is 2. The first-order chi connectivity index (χ1) is 11.0. The van der Waals surface area contributed by atoms with E-state index in [0.29, 0.717) is 32.7 Å². The van der Waals surface area contributed by atoms with Crippen molar-refractivity contribution in [1.29, 1.82) is 0 Å². The summed E-state index contributed by atoms with van der Waals surface area (Å²) in [6.45, 7) is 1.86. The van der Waals surface area contributed by atoms with E-state index in [1.807, 2.05) is 0 Å². The molecule has 2 aromatic carbocycles. The second-order valence-corrected chi connectivity index (χ2v) is 5.68. The molecule has 7 heteroatoms. The summed E-state index contributed by atoms with van der Waals surface area (Å²) < 4.78 is 23.8. The lowest BCUT2D eigenvalue weighted by Crippen LogP contribution is -1.99. The van der Waals surface area contributed by atoms with Gasteiger partial charge in [-0.05, 0) is 48.9 Å². The predicted octanol–water partition coefficient (Wildman–Crippen LogP) is 5.07. The molecule has 0 atom stereocenters. The van der Waals surface area contributed by atoms with Crippen molar-refractivity contribution < 1.29 is 13.7 Å². The molecule has 0 unspecified atom stereocenters. The standard InChI is InChI=1S/C16H11Cl2FN2O2/c1-9-6-11(19)3-5-14(9)22-8-15-20-16(23-21-15)12-4-2-10(17)7-13(12)18/h2-7H,8H2,1H3. The zero-order chi connectivity index (χ0) is 16.4. The lowest BCUT2D eigenvalue weighted by Gasteiger charge is -2.06. The van der Waals surface area contributed by atoms with Crippen LogP contribution < -0.4 is 4.74 Å². The third kappa shape index (κ3) is 3.63. The van der Waals surface area contributed by atoms with Crippen molar-refractivity contribution in [2.45, 2.75) is 13.5 Å². The maximum absolute atomic E-state index is 13.1. The first kappa shape index (κ1) is 15.8. The van der Waals surface area contributed by atoms with Crippen LogP contribution in [0.4, 0.5) is 4.39 Å². The molecule has 0 aliphatic carbocycles. The van der Waals surface area contributed by atoms with Gasteiger partial charge < -0.3 is 9.26 Å². The Morgan fingerprint density at radius 3 is 2.74 bits per heavy atom. The lowest BCUT2D eigenvalue weighted by molar-refractivity contribution is 0.285. The minimum absolute atomic E-state index is 0.0984. The fourth-order valence-electron chi connectivity index (χ4n) is 2.00. The molecule has 0 spiro atoms. The van der Waals surface area contributed by atoms with Crippen LogP contribution in [0, 0.1) is 12.7 Å². The normalized spacial score (nSPS) is 10.8. The van der Waals surface area contributed by atoms with Gasteiger partial charge in [0.1, 0.15) is 11.6 Å². The van der Waals surface area contributed by atoms with Gasteiger partial charge in [-0.1, -0.05) is 28.4 Å². The van der Waals surface area contributed by atoms with E-state index in [9.17, 15) is 4.39 Å². The molecular formula is C16H11Cl2FN2O2. The van der Waals surface area contributed by atoms with E-state index < -0.39 is 0 Å². The van der Waals surface area contributed by atoms with Crippen molar-refractivity contribution in [3.8, 4) is 17.2 Å². The fourth-order valence-corrected chi connectivity index (χ4v) is 2.49. The summed E-state index contributed by atoms with van der Waals surface area (Å²) in [6, 6.07) is 9.27. The van der Waals surface area contributed by atoms with Gasteiger partial charge in [0.05, 0.1) is 10.6 Å². The molecule has 0 radical (unpaired) electrons. The second kappa shape index (κ2) is 6.56. The van der Waals surface area contributed by atoms with Crippen LogP contribution in [-0.4, -0.2) is 10.1 Å². The Kier molecular flexibility index (Phi) is 4.50. The summed E-state index contributed by atoms with van der Waals surface area (Å²) in [7, 11) is 0. The SMILES string of the molecule is Cc1cc(F)ccc1OCc1noc(-c2ccc(Cl)cc2Cl)n1. The van der Waals surface area contributed by atoms with Crippen LogP contribution in [0.25, 0.3) is 11.5 Å². The molecule has 0 bridgehead atoms. The molecule has 3 rings (SSSR count).